The zero-order valence-corrected chi connectivity index (χ0v) is 20.2. The molecule has 0 saturated carbocycles. The summed E-state index contributed by atoms with van der Waals surface area (Å²) in [6.07, 6.45) is 3.28. The molecule has 2 aromatic carbocycles. The van der Waals surface area contributed by atoms with E-state index >= 15 is 0 Å². The Bertz CT molecular complexity index is 1140. The number of anilines is 1. The second kappa shape index (κ2) is 9.83. The zero-order valence-electron chi connectivity index (χ0n) is 18.6. The Morgan fingerprint density at radius 1 is 1.06 bits per heavy atom. The van der Waals surface area contributed by atoms with Gasteiger partial charge in [0.15, 0.2) is 0 Å². The molecule has 33 heavy (non-hydrogen) atoms. The van der Waals surface area contributed by atoms with E-state index in [2.05, 4.69) is 5.32 Å². The first-order chi connectivity index (χ1) is 15.8. The van der Waals surface area contributed by atoms with E-state index < -0.39 is 16.1 Å². The van der Waals surface area contributed by atoms with Gasteiger partial charge >= 0.3 is 0 Å². The molecule has 9 heteroatoms. The highest BCUT2D eigenvalue weighted by atomic mass is 35.5. The monoisotopic (exact) mass is 489 g/mol. The van der Waals surface area contributed by atoms with Crippen LogP contribution < -0.4 is 10.2 Å². The van der Waals surface area contributed by atoms with Crippen LogP contribution in [0.15, 0.2) is 47.4 Å². The molecule has 7 nitrogen and oxygen atoms in total. The van der Waals surface area contributed by atoms with Gasteiger partial charge in [0.1, 0.15) is 6.04 Å². The maximum atomic E-state index is 13.1. The van der Waals surface area contributed by atoms with Gasteiger partial charge < -0.3 is 5.32 Å². The van der Waals surface area contributed by atoms with Crippen LogP contribution in [0.5, 0.6) is 0 Å². The van der Waals surface area contributed by atoms with E-state index in [0.717, 1.165) is 24.8 Å². The lowest BCUT2D eigenvalue weighted by atomic mass is 10.1. The normalized spacial score (nSPS) is 18.7. The predicted molar refractivity (Wildman–Crippen MR) is 128 cm³/mol. The Balaban J connectivity index is 1.56. The molecule has 2 heterocycles. The van der Waals surface area contributed by atoms with E-state index in [-0.39, 0.29) is 29.6 Å². The molecule has 0 bridgehead atoms. The van der Waals surface area contributed by atoms with Crippen LogP contribution in [0.1, 0.15) is 43.7 Å². The minimum absolute atomic E-state index is 0.174. The van der Waals surface area contributed by atoms with Crippen LogP contribution in [0, 0.1) is 0 Å². The molecule has 0 unspecified atom stereocenters. The number of amides is 2. The van der Waals surface area contributed by atoms with Crippen molar-refractivity contribution in [3.8, 4) is 0 Å². The topological polar surface area (TPSA) is 86.8 Å². The highest BCUT2D eigenvalue weighted by Crippen LogP contribution is 2.35. The molecule has 2 amide bonds. The molecule has 1 N–H and O–H groups in total. The number of rotatable bonds is 6. The third-order valence-corrected chi connectivity index (χ3v) is 8.39. The number of carbonyl (C=O) groups is 2. The van der Waals surface area contributed by atoms with E-state index in [4.69, 9.17) is 11.6 Å². The van der Waals surface area contributed by atoms with Crippen molar-refractivity contribution in [2.24, 2.45) is 0 Å². The minimum Gasteiger partial charge on any atom is -0.350 e. The molecule has 2 aromatic rings. The lowest BCUT2D eigenvalue weighted by Crippen LogP contribution is -2.47. The standard InChI is InChI=1S/C24H28ClN3O4S/c1-2-23(29)28-21-11-10-20(33(31,32)27-12-4-3-5-13-27)14-18(21)15-22(28)24(30)26-16-17-6-8-19(25)9-7-17/h6-11,14,22H,2-5,12-13,15-16H2,1H3,(H,26,30)/t22-/m1/s1. The van der Waals surface area contributed by atoms with Crippen LogP contribution in [0.25, 0.3) is 0 Å². The first kappa shape index (κ1) is 23.7. The molecule has 1 saturated heterocycles. The van der Waals surface area contributed by atoms with E-state index in [9.17, 15) is 18.0 Å². The Hall–Kier alpha value is -2.42. The van der Waals surface area contributed by atoms with Gasteiger partial charge in [0.2, 0.25) is 21.8 Å². The molecule has 1 atom stereocenters. The van der Waals surface area contributed by atoms with Gasteiger partial charge in [-0.1, -0.05) is 37.1 Å². The van der Waals surface area contributed by atoms with Crippen LogP contribution in [-0.2, 0) is 32.6 Å². The first-order valence-corrected chi connectivity index (χ1v) is 13.1. The summed E-state index contributed by atoms with van der Waals surface area (Å²) in [5, 5.41) is 3.52. The summed E-state index contributed by atoms with van der Waals surface area (Å²) in [5.41, 5.74) is 2.19. The highest BCUT2D eigenvalue weighted by Gasteiger charge is 2.38. The second-order valence-corrected chi connectivity index (χ2v) is 10.8. The number of hydrogen-bond acceptors (Lipinski definition) is 4. The summed E-state index contributed by atoms with van der Waals surface area (Å²) in [6, 6.07) is 11.3. The Kier molecular flexibility index (Phi) is 7.07. The summed E-state index contributed by atoms with van der Waals surface area (Å²) in [5.74, 6) is -0.449. The fraction of sp³-hybridized carbons (Fsp3) is 0.417. The number of piperidine rings is 1. The Labute approximate surface area is 199 Å². The molecule has 0 aromatic heterocycles. The van der Waals surface area contributed by atoms with Gasteiger partial charge in [0, 0.05) is 43.2 Å². The fourth-order valence-electron chi connectivity index (χ4n) is 4.44. The summed E-state index contributed by atoms with van der Waals surface area (Å²) in [4.78, 5) is 27.5. The highest BCUT2D eigenvalue weighted by molar-refractivity contribution is 7.89. The first-order valence-electron chi connectivity index (χ1n) is 11.3. The molecule has 0 radical (unpaired) electrons. The molecule has 0 aliphatic carbocycles. The molecular formula is C24H28ClN3O4S. The number of carbonyl (C=O) groups excluding carboxylic acids is 2. The molecule has 1 fully saturated rings. The van der Waals surface area contributed by atoms with Crippen LogP contribution in [0.3, 0.4) is 0 Å². The van der Waals surface area contributed by atoms with Gasteiger partial charge in [0.05, 0.1) is 4.90 Å². The van der Waals surface area contributed by atoms with Crippen LogP contribution in [-0.4, -0.2) is 43.7 Å². The average molecular weight is 490 g/mol. The average Bonchev–Trinajstić information content (AvgIpc) is 3.22. The van der Waals surface area contributed by atoms with Gasteiger partial charge in [-0.05, 0) is 54.3 Å². The third-order valence-electron chi connectivity index (χ3n) is 6.24. The number of hydrogen-bond donors (Lipinski definition) is 1. The molecule has 4 rings (SSSR count). The SMILES string of the molecule is CCC(=O)N1c2ccc(S(=O)(=O)N3CCCCC3)cc2C[C@@H]1C(=O)NCc1ccc(Cl)cc1. The summed E-state index contributed by atoms with van der Waals surface area (Å²) >= 11 is 5.92. The largest absolute Gasteiger partial charge is 0.350 e. The van der Waals surface area contributed by atoms with E-state index in [1.165, 1.54) is 9.21 Å². The van der Waals surface area contributed by atoms with E-state index in [1.54, 1.807) is 37.3 Å². The van der Waals surface area contributed by atoms with Crippen molar-refractivity contribution in [1.29, 1.82) is 0 Å². The Morgan fingerprint density at radius 2 is 1.76 bits per heavy atom. The van der Waals surface area contributed by atoms with Crippen molar-refractivity contribution >= 4 is 39.1 Å². The fourth-order valence-corrected chi connectivity index (χ4v) is 6.13. The van der Waals surface area contributed by atoms with E-state index in [1.807, 2.05) is 12.1 Å². The molecular weight excluding hydrogens is 462 g/mol. The number of benzene rings is 2. The van der Waals surface area contributed by atoms with Crippen molar-refractivity contribution in [2.75, 3.05) is 18.0 Å². The minimum atomic E-state index is -3.60. The van der Waals surface area contributed by atoms with Gasteiger partial charge in [0.25, 0.3) is 0 Å². The number of fused-ring (bicyclic) bond motifs is 1. The number of sulfonamides is 1. The van der Waals surface area contributed by atoms with E-state index in [0.29, 0.717) is 35.9 Å². The smallest absolute Gasteiger partial charge is 0.243 e. The predicted octanol–water partition coefficient (Wildman–Crippen LogP) is 3.50. The molecule has 0 spiro atoms. The van der Waals surface area contributed by atoms with Crippen molar-refractivity contribution in [2.45, 2.75) is 56.5 Å². The number of halogens is 1. The van der Waals surface area contributed by atoms with Crippen LogP contribution in [0.4, 0.5) is 5.69 Å². The number of nitrogens with one attached hydrogen (secondary N) is 1. The lowest BCUT2D eigenvalue weighted by Gasteiger charge is -2.26. The maximum absolute atomic E-state index is 13.1. The second-order valence-electron chi connectivity index (χ2n) is 8.44. The maximum Gasteiger partial charge on any atom is 0.243 e. The summed E-state index contributed by atoms with van der Waals surface area (Å²) in [7, 11) is -3.60. The van der Waals surface area contributed by atoms with Crippen LogP contribution >= 0.6 is 11.6 Å². The lowest BCUT2D eigenvalue weighted by molar-refractivity contribution is -0.126. The summed E-state index contributed by atoms with van der Waals surface area (Å²) < 4.78 is 27.8. The van der Waals surface area contributed by atoms with Gasteiger partial charge in [-0.3, -0.25) is 14.5 Å². The van der Waals surface area contributed by atoms with Gasteiger partial charge in [-0.25, -0.2) is 8.42 Å². The van der Waals surface area contributed by atoms with Gasteiger partial charge in [-0.15, -0.1) is 0 Å². The quantitative estimate of drug-likeness (QED) is 0.672. The molecule has 2 aliphatic rings. The van der Waals surface area contributed by atoms with Gasteiger partial charge in [-0.2, -0.15) is 4.31 Å². The van der Waals surface area contributed by atoms with Crippen molar-refractivity contribution < 1.29 is 18.0 Å². The van der Waals surface area contributed by atoms with Crippen molar-refractivity contribution in [3.63, 3.8) is 0 Å². The molecule has 176 valence electrons. The zero-order chi connectivity index (χ0) is 23.6. The third kappa shape index (κ3) is 4.93. The Morgan fingerprint density at radius 3 is 2.42 bits per heavy atom. The number of nitrogens with zero attached hydrogens (tertiary/aromatic N) is 2. The summed E-state index contributed by atoms with van der Waals surface area (Å²) in [6.45, 7) is 3.11. The molecule has 2 aliphatic heterocycles. The van der Waals surface area contributed by atoms with Crippen LogP contribution in [0.2, 0.25) is 5.02 Å². The van der Waals surface area contributed by atoms with Crippen molar-refractivity contribution in [3.05, 3.63) is 58.6 Å². The van der Waals surface area contributed by atoms with Crippen molar-refractivity contribution in [1.82, 2.24) is 9.62 Å².